The van der Waals surface area contributed by atoms with Gasteiger partial charge in [-0.25, -0.2) is 0 Å². The zero-order chi connectivity index (χ0) is 18.8. The van der Waals surface area contributed by atoms with Crippen LogP contribution in [-0.2, 0) is 0 Å². The number of benzene rings is 4. The van der Waals surface area contributed by atoms with Crippen molar-refractivity contribution >= 4 is 0 Å². The third-order valence-corrected chi connectivity index (χ3v) is 4.99. The molecular formula is C27H24. The van der Waals surface area contributed by atoms with E-state index in [0.717, 1.165) is 0 Å². The summed E-state index contributed by atoms with van der Waals surface area (Å²) in [6.07, 6.45) is 0. The summed E-state index contributed by atoms with van der Waals surface area (Å²) in [5, 5.41) is 0. The SMILES string of the molecule is Cc1cccc(-c2cc(-c3cccc(C)c3)cc(-c3cccc(C)c3)c2)c1. The number of hydrogen-bond acceptors (Lipinski definition) is 0. The second kappa shape index (κ2) is 7.25. The predicted molar refractivity (Wildman–Crippen MR) is 117 cm³/mol. The van der Waals surface area contributed by atoms with Crippen molar-refractivity contribution in [2.45, 2.75) is 20.8 Å². The van der Waals surface area contributed by atoms with Gasteiger partial charge >= 0.3 is 0 Å². The summed E-state index contributed by atoms with van der Waals surface area (Å²) in [5.41, 5.74) is 11.4. The zero-order valence-corrected chi connectivity index (χ0v) is 16.2. The predicted octanol–water partition coefficient (Wildman–Crippen LogP) is 7.61. The van der Waals surface area contributed by atoms with Gasteiger partial charge in [-0.15, -0.1) is 0 Å². The first-order valence-electron chi connectivity index (χ1n) is 9.45. The highest BCUT2D eigenvalue weighted by Crippen LogP contribution is 2.33. The average Bonchev–Trinajstić information content (AvgIpc) is 2.68. The van der Waals surface area contributed by atoms with Gasteiger partial charge in [0, 0.05) is 0 Å². The van der Waals surface area contributed by atoms with E-state index in [9.17, 15) is 0 Å². The molecule has 132 valence electrons. The summed E-state index contributed by atoms with van der Waals surface area (Å²) in [6.45, 7) is 6.44. The van der Waals surface area contributed by atoms with Crippen molar-refractivity contribution in [2.75, 3.05) is 0 Å². The van der Waals surface area contributed by atoms with Crippen LogP contribution in [0, 0.1) is 20.8 Å². The second-order valence-electron chi connectivity index (χ2n) is 7.41. The standard InChI is InChI=1S/C27H24/c1-19-7-4-10-22(13-19)25-16-26(23-11-5-8-20(2)14-23)18-27(17-25)24-12-6-9-21(3)15-24/h4-18H,1-3H3. The fraction of sp³-hybridized carbons (Fsp3) is 0.111. The van der Waals surface area contributed by atoms with Gasteiger partial charge in [-0.3, -0.25) is 0 Å². The summed E-state index contributed by atoms with van der Waals surface area (Å²) in [7, 11) is 0. The fourth-order valence-corrected chi connectivity index (χ4v) is 3.60. The van der Waals surface area contributed by atoms with Gasteiger partial charge in [0.1, 0.15) is 0 Å². The first-order chi connectivity index (χ1) is 13.1. The van der Waals surface area contributed by atoms with Crippen LogP contribution in [0.3, 0.4) is 0 Å². The Bertz CT molecular complexity index is 948. The third-order valence-electron chi connectivity index (χ3n) is 4.99. The van der Waals surface area contributed by atoms with Gasteiger partial charge in [0.2, 0.25) is 0 Å². The van der Waals surface area contributed by atoms with Gasteiger partial charge in [0.15, 0.2) is 0 Å². The molecule has 0 N–H and O–H groups in total. The van der Waals surface area contributed by atoms with Crippen LogP contribution in [0.1, 0.15) is 16.7 Å². The van der Waals surface area contributed by atoms with Crippen LogP contribution in [0.2, 0.25) is 0 Å². The van der Waals surface area contributed by atoms with Gasteiger partial charge in [-0.05, 0) is 72.4 Å². The van der Waals surface area contributed by atoms with Crippen molar-refractivity contribution in [3.63, 3.8) is 0 Å². The molecule has 0 fully saturated rings. The van der Waals surface area contributed by atoms with Crippen LogP contribution in [0.5, 0.6) is 0 Å². The number of hydrogen-bond donors (Lipinski definition) is 0. The minimum atomic E-state index is 1.26. The first-order valence-corrected chi connectivity index (χ1v) is 9.45. The summed E-state index contributed by atoms with van der Waals surface area (Å²) < 4.78 is 0. The van der Waals surface area contributed by atoms with Crippen molar-refractivity contribution in [3.8, 4) is 33.4 Å². The molecule has 0 aliphatic heterocycles. The minimum Gasteiger partial charge on any atom is -0.0614 e. The lowest BCUT2D eigenvalue weighted by molar-refractivity contribution is 1.45. The molecule has 4 rings (SSSR count). The number of rotatable bonds is 3. The first kappa shape index (κ1) is 17.3. The van der Waals surface area contributed by atoms with Gasteiger partial charge in [0.25, 0.3) is 0 Å². The highest BCUT2D eigenvalue weighted by molar-refractivity contribution is 5.81. The van der Waals surface area contributed by atoms with Gasteiger partial charge < -0.3 is 0 Å². The van der Waals surface area contributed by atoms with Crippen LogP contribution in [0.25, 0.3) is 33.4 Å². The molecule has 0 bridgehead atoms. The summed E-state index contributed by atoms with van der Waals surface area (Å²) in [5.74, 6) is 0. The van der Waals surface area contributed by atoms with E-state index < -0.39 is 0 Å². The monoisotopic (exact) mass is 348 g/mol. The molecule has 0 aliphatic carbocycles. The summed E-state index contributed by atoms with van der Waals surface area (Å²) in [6, 6.07) is 33.1. The molecule has 4 aromatic rings. The minimum absolute atomic E-state index is 1.26. The van der Waals surface area contributed by atoms with Crippen molar-refractivity contribution < 1.29 is 0 Å². The van der Waals surface area contributed by atoms with Crippen LogP contribution >= 0.6 is 0 Å². The Hall–Kier alpha value is -3.12. The van der Waals surface area contributed by atoms with Gasteiger partial charge in [-0.1, -0.05) is 89.5 Å². The normalized spacial score (nSPS) is 10.8. The van der Waals surface area contributed by atoms with Crippen LogP contribution in [-0.4, -0.2) is 0 Å². The molecule has 0 spiro atoms. The van der Waals surface area contributed by atoms with E-state index in [4.69, 9.17) is 0 Å². The molecule has 0 aliphatic rings. The van der Waals surface area contributed by atoms with Crippen molar-refractivity contribution in [1.29, 1.82) is 0 Å². The Morgan fingerprint density at radius 2 is 0.630 bits per heavy atom. The topological polar surface area (TPSA) is 0 Å². The molecule has 0 heteroatoms. The molecule has 0 atom stereocenters. The Kier molecular flexibility index (Phi) is 4.64. The van der Waals surface area contributed by atoms with E-state index in [1.54, 1.807) is 0 Å². The van der Waals surface area contributed by atoms with E-state index >= 15 is 0 Å². The largest absolute Gasteiger partial charge is 0.0614 e. The Balaban J connectivity index is 1.94. The molecule has 4 aromatic carbocycles. The maximum atomic E-state index is 2.31. The van der Waals surface area contributed by atoms with Crippen molar-refractivity contribution in [2.24, 2.45) is 0 Å². The van der Waals surface area contributed by atoms with Crippen molar-refractivity contribution in [3.05, 3.63) is 108 Å². The lowest BCUT2D eigenvalue weighted by Gasteiger charge is -2.12. The van der Waals surface area contributed by atoms with Crippen LogP contribution in [0.4, 0.5) is 0 Å². The van der Waals surface area contributed by atoms with Gasteiger partial charge in [0.05, 0.1) is 0 Å². The smallest absolute Gasteiger partial charge is 0.0172 e. The van der Waals surface area contributed by atoms with E-state index in [-0.39, 0.29) is 0 Å². The molecule has 0 nitrogen and oxygen atoms in total. The molecule has 27 heavy (non-hydrogen) atoms. The average molecular weight is 348 g/mol. The molecule has 0 unspecified atom stereocenters. The maximum absolute atomic E-state index is 2.31. The Morgan fingerprint density at radius 3 is 0.889 bits per heavy atom. The lowest BCUT2D eigenvalue weighted by atomic mass is 9.92. The van der Waals surface area contributed by atoms with Crippen LogP contribution < -0.4 is 0 Å². The van der Waals surface area contributed by atoms with E-state index in [1.165, 1.54) is 50.1 Å². The lowest BCUT2D eigenvalue weighted by Crippen LogP contribution is -1.87. The molecule has 0 heterocycles. The highest BCUT2D eigenvalue weighted by atomic mass is 14.1. The quantitative estimate of drug-likeness (QED) is 0.357. The molecular weight excluding hydrogens is 324 g/mol. The van der Waals surface area contributed by atoms with Crippen molar-refractivity contribution in [1.82, 2.24) is 0 Å². The summed E-state index contributed by atoms with van der Waals surface area (Å²) >= 11 is 0. The molecule has 0 aromatic heterocycles. The summed E-state index contributed by atoms with van der Waals surface area (Å²) in [4.78, 5) is 0. The zero-order valence-electron chi connectivity index (χ0n) is 16.2. The fourth-order valence-electron chi connectivity index (χ4n) is 3.60. The second-order valence-corrected chi connectivity index (χ2v) is 7.41. The Labute approximate surface area is 162 Å². The molecule has 0 saturated carbocycles. The van der Waals surface area contributed by atoms with Gasteiger partial charge in [-0.2, -0.15) is 0 Å². The van der Waals surface area contributed by atoms with Crippen LogP contribution in [0.15, 0.2) is 91.0 Å². The molecule has 0 radical (unpaired) electrons. The Morgan fingerprint density at radius 1 is 0.333 bits per heavy atom. The molecule has 0 saturated heterocycles. The maximum Gasteiger partial charge on any atom is -0.0172 e. The third kappa shape index (κ3) is 3.85. The van der Waals surface area contributed by atoms with E-state index in [2.05, 4.69) is 112 Å². The molecule has 0 amide bonds. The highest BCUT2D eigenvalue weighted by Gasteiger charge is 2.08. The van der Waals surface area contributed by atoms with E-state index in [0.29, 0.717) is 0 Å². The number of aryl methyl sites for hydroxylation is 3. The van der Waals surface area contributed by atoms with E-state index in [1.807, 2.05) is 0 Å².